The van der Waals surface area contributed by atoms with Crippen LogP contribution in [0, 0.1) is 0 Å². The van der Waals surface area contributed by atoms with Gasteiger partial charge in [-0.2, -0.15) is 0 Å². The minimum atomic E-state index is 0.0310. The van der Waals surface area contributed by atoms with Crippen LogP contribution in [-0.2, 0) is 6.42 Å². The van der Waals surface area contributed by atoms with Gasteiger partial charge in [0.25, 0.3) is 0 Å². The van der Waals surface area contributed by atoms with Gasteiger partial charge in [0.1, 0.15) is 5.75 Å². The first-order chi connectivity index (χ1) is 12.8. The lowest BCUT2D eigenvalue weighted by atomic mass is 9.97. The largest absolute Gasteiger partial charge is 0.497 e. The zero-order chi connectivity index (χ0) is 17.9. The maximum Gasteiger partial charge on any atom is 0.119 e. The van der Waals surface area contributed by atoms with E-state index in [0.717, 1.165) is 42.9 Å². The summed E-state index contributed by atoms with van der Waals surface area (Å²) < 4.78 is 5.37. The van der Waals surface area contributed by atoms with Gasteiger partial charge in [0, 0.05) is 24.8 Å². The average molecular weight is 350 g/mol. The summed E-state index contributed by atoms with van der Waals surface area (Å²) in [7, 11) is 1.68. The molecule has 0 aliphatic carbocycles. The van der Waals surface area contributed by atoms with Crippen LogP contribution in [0.15, 0.2) is 42.5 Å². The number of aliphatic hydroxyl groups excluding tert-OH is 1. The number of nitrogens with zero attached hydrogens (tertiary/aromatic N) is 1. The summed E-state index contributed by atoms with van der Waals surface area (Å²) in [5.41, 5.74) is 6.27. The highest BCUT2D eigenvalue weighted by molar-refractivity contribution is 5.80. The first-order valence-corrected chi connectivity index (χ1v) is 9.36. The molecule has 0 spiro atoms. The number of hydrogen-bond donors (Lipinski definition) is 2. The molecule has 2 aromatic carbocycles. The molecule has 0 bridgehead atoms. The topological polar surface area (TPSA) is 44.7 Å². The zero-order valence-corrected chi connectivity index (χ0v) is 15.2. The minimum absolute atomic E-state index is 0.0310. The number of ether oxygens (including phenoxy) is 1. The molecule has 1 fully saturated rings. The summed E-state index contributed by atoms with van der Waals surface area (Å²) >= 11 is 0. The Kier molecular flexibility index (Phi) is 4.96. The van der Waals surface area contributed by atoms with E-state index in [0.29, 0.717) is 6.04 Å². The standard InChI is InChI=1S/C22H26N2O2/c1-26-20-6-7-21(16(14-20)3-2-12-25)17-4-5-18-13-19-8-9-23-10-11-24(19)22(18)15-17/h2-7,14-15,19,23,25H,8-13H2,1H3/b3-2+. The highest BCUT2D eigenvalue weighted by Gasteiger charge is 2.30. The fourth-order valence-corrected chi connectivity index (χ4v) is 4.13. The maximum absolute atomic E-state index is 9.17. The second kappa shape index (κ2) is 7.52. The van der Waals surface area contributed by atoms with E-state index in [1.54, 1.807) is 13.2 Å². The molecule has 4 rings (SSSR count). The molecule has 2 N–H and O–H groups in total. The van der Waals surface area contributed by atoms with Crippen LogP contribution in [0.2, 0.25) is 0 Å². The Morgan fingerprint density at radius 3 is 3.00 bits per heavy atom. The van der Waals surface area contributed by atoms with Crippen LogP contribution in [0.5, 0.6) is 5.75 Å². The van der Waals surface area contributed by atoms with E-state index in [1.807, 2.05) is 18.2 Å². The Morgan fingerprint density at radius 1 is 1.23 bits per heavy atom. The van der Waals surface area contributed by atoms with Crippen LogP contribution in [0.25, 0.3) is 17.2 Å². The van der Waals surface area contributed by atoms with Crippen LogP contribution in [0.3, 0.4) is 0 Å². The predicted octanol–water partition coefficient (Wildman–Crippen LogP) is 3.09. The van der Waals surface area contributed by atoms with Crippen molar-refractivity contribution in [3.63, 3.8) is 0 Å². The third-order valence-corrected chi connectivity index (χ3v) is 5.45. The molecule has 2 heterocycles. The third-order valence-electron chi connectivity index (χ3n) is 5.45. The number of aliphatic hydroxyl groups is 1. The van der Waals surface area contributed by atoms with Gasteiger partial charge in [0.2, 0.25) is 0 Å². The van der Waals surface area contributed by atoms with Gasteiger partial charge in [-0.05, 0) is 59.8 Å². The van der Waals surface area contributed by atoms with Gasteiger partial charge in [-0.3, -0.25) is 0 Å². The van der Waals surface area contributed by atoms with Crippen molar-refractivity contribution in [1.29, 1.82) is 0 Å². The van der Waals surface area contributed by atoms with E-state index < -0.39 is 0 Å². The molecule has 0 radical (unpaired) electrons. The summed E-state index contributed by atoms with van der Waals surface area (Å²) in [6.45, 7) is 3.26. The smallest absolute Gasteiger partial charge is 0.119 e. The molecular weight excluding hydrogens is 324 g/mol. The Bertz CT molecular complexity index is 816. The third kappa shape index (κ3) is 3.22. The van der Waals surface area contributed by atoms with Crippen molar-refractivity contribution in [2.45, 2.75) is 18.9 Å². The highest BCUT2D eigenvalue weighted by atomic mass is 16.5. The van der Waals surface area contributed by atoms with Crippen LogP contribution >= 0.6 is 0 Å². The lowest BCUT2D eigenvalue weighted by molar-refractivity contribution is 0.343. The maximum atomic E-state index is 9.17. The second-order valence-electron chi connectivity index (χ2n) is 6.97. The van der Waals surface area contributed by atoms with Gasteiger partial charge < -0.3 is 20.1 Å². The molecule has 4 nitrogen and oxygen atoms in total. The summed E-state index contributed by atoms with van der Waals surface area (Å²) in [5.74, 6) is 0.825. The Labute approximate surface area is 155 Å². The molecule has 4 heteroatoms. The Balaban J connectivity index is 1.74. The van der Waals surface area contributed by atoms with E-state index in [2.05, 4.69) is 34.5 Å². The van der Waals surface area contributed by atoms with Gasteiger partial charge in [-0.15, -0.1) is 0 Å². The molecule has 2 aliphatic heterocycles. The number of fused-ring (bicyclic) bond motifs is 3. The SMILES string of the molecule is COc1ccc(-c2ccc3c(c2)N2CCNCCC2C3)c(/C=C/CO)c1. The molecule has 26 heavy (non-hydrogen) atoms. The lowest BCUT2D eigenvalue weighted by Gasteiger charge is -2.25. The lowest BCUT2D eigenvalue weighted by Crippen LogP contribution is -2.32. The predicted molar refractivity (Wildman–Crippen MR) is 107 cm³/mol. The van der Waals surface area contributed by atoms with Crippen molar-refractivity contribution in [2.24, 2.45) is 0 Å². The molecule has 1 saturated heterocycles. The first-order valence-electron chi connectivity index (χ1n) is 9.36. The summed E-state index contributed by atoms with van der Waals surface area (Å²) in [4.78, 5) is 2.57. The number of hydrogen-bond acceptors (Lipinski definition) is 4. The number of methoxy groups -OCH3 is 1. The quantitative estimate of drug-likeness (QED) is 0.889. The zero-order valence-electron chi connectivity index (χ0n) is 15.2. The molecule has 2 aliphatic rings. The van der Waals surface area contributed by atoms with Crippen molar-refractivity contribution >= 4 is 11.8 Å². The first kappa shape index (κ1) is 17.1. The molecule has 1 atom stereocenters. The van der Waals surface area contributed by atoms with Crippen molar-refractivity contribution in [2.75, 3.05) is 38.3 Å². The fourth-order valence-electron chi connectivity index (χ4n) is 4.13. The number of anilines is 1. The summed E-state index contributed by atoms with van der Waals surface area (Å²) in [6, 6.07) is 13.6. The summed E-state index contributed by atoms with van der Waals surface area (Å²) in [5, 5.41) is 12.7. The number of benzene rings is 2. The van der Waals surface area contributed by atoms with Crippen LogP contribution < -0.4 is 15.0 Å². The molecule has 1 unspecified atom stereocenters. The average Bonchev–Trinajstić information content (AvgIpc) is 2.85. The van der Waals surface area contributed by atoms with Crippen LogP contribution in [0.1, 0.15) is 17.5 Å². The molecule has 0 aromatic heterocycles. The van der Waals surface area contributed by atoms with Crippen LogP contribution in [-0.4, -0.2) is 44.5 Å². The van der Waals surface area contributed by atoms with E-state index in [1.165, 1.54) is 23.2 Å². The number of nitrogens with one attached hydrogen (secondary N) is 1. The second-order valence-corrected chi connectivity index (χ2v) is 6.97. The van der Waals surface area contributed by atoms with Crippen molar-refractivity contribution in [1.82, 2.24) is 5.32 Å². The molecule has 2 aromatic rings. The molecule has 0 amide bonds. The van der Waals surface area contributed by atoms with E-state index in [-0.39, 0.29) is 6.61 Å². The monoisotopic (exact) mass is 350 g/mol. The van der Waals surface area contributed by atoms with Crippen LogP contribution in [0.4, 0.5) is 5.69 Å². The Morgan fingerprint density at radius 2 is 2.15 bits per heavy atom. The van der Waals surface area contributed by atoms with Crippen molar-refractivity contribution in [3.05, 3.63) is 53.6 Å². The van der Waals surface area contributed by atoms with Gasteiger partial charge >= 0.3 is 0 Å². The minimum Gasteiger partial charge on any atom is -0.497 e. The van der Waals surface area contributed by atoms with Crippen molar-refractivity contribution < 1.29 is 9.84 Å². The molecular formula is C22H26N2O2. The Hall–Kier alpha value is -2.30. The molecule has 0 saturated carbocycles. The van der Waals surface area contributed by atoms with Gasteiger partial charge in [-0.25, -0.2) is 0 Å². The van der Waals surface area contributed by atoms with Crippen molar-refractivity contribution in [3.8, 4) is 16.9 Å². The molecule has 136 valence electrons. The fraction of sp³-hybridized carbons (Fsp3) is 0.364. The van der Waals surface area contributed by atoms with E-state index in [4.69, 9.17) is 9.84 Å². The highest BCUT2D eigenvalue weighted by Crippen LogP contribution is 2.38. The van der Waals surface area contributed by atoms with Gasteiger partial charge in [0.05, 0.1) is 13.7 Å². The van der Waals surface area contributed by atoms with Gasteiger partial charge in [0.15, 0.2) is 0 Å². The van der Waals surface area contributed by atoms with E-state index >= 15 is 0 Å². The summed E-state index contributed by atoms with van der Waals surface area (Å²) in [6.07, 6.45) is 6.08. The van der Waals surface area contributed by atoms with E-state index in [9.17, 15) is 0 Å². The number of rotatable bonds is 4. The normalized spacial score (nSPS) is 19.3. The van der Waals surface area contributed by atoms with Gasteiger partial charge in [-0.1, -0.05) is 30.4 Å².